The van der Waals surface area contributed by atoms with Crippen LogP contribution in [0.15, 0.2) is 40.9 Å². The molecule has 8 heteroatoms. The largest absolute Gasteiger partial charge is 0.459 e. The van der Waals surface area contributed by atoms with Crippen LogP contribution >= 0.6 is 12.4 Å². The SMILES string of the molecule is CCCN(C(=O)c1cn(C2CCNCC2)nn1)C(C)c1cc2ccccc2o1.Cl. The van der Waals surface area contributed by atoms with Gasteiger partial charge in [0.15, 0.2) is 5.69 Å². The monoisotopic (exact) mass is 417 g/mol. The molecule has 156 valence electrons. The molecule has 0 saturated carbocycles. The normalized spacial score (nSPS) is 15.8. The first-order valence-corrected chi connectivity index (χ1v) is 10.1. The second kappa shape index (κ2) is 9.41. The summed E-state index contributed by atoms with van der Waals surface area (Å²) in [6.07, 6.45) is 4.67. The van der Waals surface area contributed by atoms with E-state index in [0.717, 1.165) is 49.1 Å². The zero-order valence-electron chi connectivity index (χ0n) is 16.9. The smallest absolute Gasteiger partial charge is 0.276 e. The minimum absolute atomic E-state index is 0. The first-order chi connectivity index (χ1) is 13.7. The summed E-state index contributed by atoms with van der Waals surface area (Å²) in [7, 11) is 0. The number of benzene rings is 1. The van der Waals surface area contributed by atoms with Crippen LogP contribution in [0.5, 0.6) is 0 Å². The van der Waals surface area contributed by atoms with Crippen LogP contribution in [0, 0.1) is 0 Å². The Hall–Kier alpha value is -2.38. The van der Waals surface area contributed by atoms with Crippen molar-refractivity contribution in [2.45, 2.75) is 45.2 Å². The number of carbonyl (C=O) groups excluding carboxylic acids is 1. The zero-order chi connectivity index (χ0) is 19.5. The molecule has 1 atom stereocenters. The number of fused-ring (bicyclic) bond motifs is 1. The summed E-state index contributed by atoms with van der Waals surface area (Å²) < 4.78 is 7.85. The molecule has 4 rings (SSSR count). The van der Waals surface area contributed by atoms with E-state index in [4.69, 9.17) is 4.42 Å². The maximum absolute atomic E-state index is 13.2. The highest BCUT2D eigenvalue weighted by molar-refractivity contribution is 5.92. The van der Waals surface area contributed by atoms with E-state index in [1.807, 2.05) is 46.8 Å². The fourth-order valence-corrected chi connectivity index (χ4v) is 3.85. The van der Waals surface area contributed by atoms with Crippen LogP contribution in [0.3, 0.4) is 0 Å². The highest BCUT2D eigenvalue weighted by Crippen LogP contribution is 2.28. The molecule has 1 aliphatic heterocycles. The predicted octanol–water partition coefficient (Wildman–Crippen LogP) is 3.98. The Morgan fingerprint density at radius 1 is 1.34 bits per heavy atom. The van der Waals surface area contributed by atoms with Crippen molar-refractivity contribution in [3.63, 3.8) is 0 Å². The van der Waals surface area contributed by atoms with Crippen molar-refractivity contribution in [1.82, 2.24) is 25.2 Å². The van der Waals surface area contributed by atoms with Crippen molar-refractivity contribution >= 4 is 29.3 Å². The fraction of sp³-hybridized carbons (Fsp3) is 0.476. The van der Waals surface area contributed by atoms with Gasteiger partial charge in [0.25, 0.3) is 5.91 Å². The number of amides is 1. The molecule has 1 amide bonds. The number of hydrogen-bond acceptors (Lipinski definition) is 5. The van der Waals surface area contributed by atoms with Crippen LogP contribution < -0.4 is 5.32 Å². The fourth-order valence-electron chi connectivity index (χ4n) is 3.85. The Kier molecular flexibility index (Phi) is 6.92. The van der Waals surface area contributed by atoms with E-state index in [2.05, 4.69) is 22.6 Å². The van der Waals surface area contributed by atoms with Crippen molar-refractivity contribution in [1.29, 1.82) is 0 Å². The quantitative estimate of drug-likeness (QED) is 0.656. The van der Waals surface area contributed by atoms with Gasteiger partial charge in [-0.3, -0.25) is 4.79 Å². The molecule has 0 aliphatic carbocycles. The van der Waals surface area contributed by atoms with Crippen molar-refractivity contribution in [2.75, 3.05) is 19.6 Å². The molecular formula is C21H28ClN5O2. The Bertz CT molecular complexity index is 914. The topological polar surface area (TPSA) is 76.2 Å². The average Bonchev–Trinajstić information content (AvgIpc) is 3.39. The second-order valence-electron chi connectivity index (χ2n) is 7.43. The zero-order valence-corrected chi connectivity index (χ0v) is 17.7. The molecule has 0 radical (unpaired) electrons. The summed E-state index contributed by atoms with van der Waals surface area (Å²) in [4.78, 5) is 15.0. The summed E-state index contributed by atoms with van der Waals surface area (Å²) in [6, 6.07) is 10.1. The molecule has 7 nitrogen and oxygen atoms in total. The lowest BCUT2D eigenvalue weighted by atomic mass is 10.1. The summed E-state index contributed by atoms with van der Waals surface area (Å²) in [6.45, 7) is 6.65. The van der Waals surface area contributed by atoms with E-state index in [1.54, 1.807) is 6.20 Å². The molecule has 1 unspecified atom stereocenters. The number of piperidine rings is 1. The van der Waals surface area contributed by atoms with E-state index in [9.17, 15) is 4.79 Å². The van der Waals surface area contributed by atoms with Gasteiger partial charge in [-0.1, -0.05) is 30.3 Å². The number of aromatic nitrogens is 3. The van der Waals surface area contributed by atoms with E-state index in [-0.39, 0.29) is 24.4 Å². The van der Waals surface area contributed by atoms with Crippen molar-refractivity contribution in [2.24, 2.45) is 0 Å². The second-order valence-corrected chi connectivity index (χ2v) is 7.43. The third-order valence-corrected chi connectivity index (χ3v) is 5.46. The summed E-state index contributed by atoms with van der Waals surface area (Å²) in [5.74, 6) is 0.684. The van der Waals surface area contributed by atoms with Gasteiger partial charge in [-0.25, -0.2) is 4.68 Å². The first kappa shape index (κ1) is 21.3. The summed E-state index contributed by atoms with van der Waals surface area (Å²) in [5, 5.41) is 12.8. The van der Waals surface area contributed by atoms with Gasteiger partial charge in [0, 0.05) is 11.9 Å². The Morgan fingerprint density at radius 2 is 2.10 bits per heavy atom. The third-order valence-electron chi connectivity index (χ3n) is 5.46. The predicted molar refractivity (Wildman–Crippen MR) is 114 cm³/mol. The molecule has 0 spiro atoms. The third kappa shape index (κ3) is 4.46. The standard InChI is InChI=1S/C21H27N5O2.ClH/c1-3-12-25(15(2)20-13-16-6-4-5-7-19(16)28-20)21(27)18-14-26(24-23-18)17-8-10-22-11-9-17;/h4-7,13-15,17,22H,3,8-12H2,1-2H3;1H. The van der Waals surface area contributed by atoms with Crippen LogP contribution in [0.2, 0.25) is 0 Å². The van der Waals surface area contributed by atoms with E-state index < -0.39 is 0 Å². The molecule has 0 bridgehead atoms. The number of nitrogens with one attached hydrogen (secondary N) is 1. The molecule has 3 aromatic rings. The minimum Gasteiger partial charge on any atom is -0.459 e. The highest BCUT2D eigenvalue weighted by Gasteiger charge is 2.27. The van der Waals surface area contributed by atoms with Crippen LogP contribution in [-0.4, -0.2) is 45.4 Å². The van der Waals surface area contributed by atoms with Crippen molar-refractivity contribution < 1.29 is 9.21 Å². The van der Waals surface area contributed by atoms with Crippen molar-refractivity contribution in [3.8, 4) is 0 Å². The molecule has 29 heavy (non-hydrogen) atoms. The van der Waals surface area contributed by atoms with Gasteiger partial charge in [-0.2, -0.15) is 0 Å². The molecule has 1 aliphatic rings. The van der Waals surface area contributed by atoms with Crippen LogP contribution in [0.4, 0.5) is 0 Å². The molecule has 2 aromatic heterocycles. The molecular weight excluding hydrogens is 390 g/mol. The minimum atomic E-state index is -0.177. The first-order valence-electron chi connectivity index (χ1n) is 10.1. The Labute approximate surface area is 176 Å². The van der Waals surface area contributed by atoms with Gasteiger partial charge in [0.2, 0.25) is 0 Å². The van der Waals surface area contributed by atoms with E-state index in [1.165, 1.54) is 0 Å². The van der Waals surface area contributed by atoms with Gasteiger partial charge in [0.1, 0.15) is 11.3 Å². The number of halogens is 1. The number of carbonyl (C=O) groups is 1. The molecule has 1 fully saturated rings. The van der Waals surface area contributed by atoms with Crippen LogP contribution in [0.25, 0.3) is 11.0 Å². The Balaban J connectivity index is 0.00000240. The maximum atomic E-state index is 13.2. The number of hydrogen-bond donors (Lipinski definition) is 1. The molecule has 1 N–H and O–H groups in total. The van der Waals surface area contributed by atoms with Crippen LogP contribution in [0.1, 0.15) is 61.4 Å². The lowest BCUT2D eigenvalue weighted by molar-refractivity contribution is 0.0666. The summed E-state index contributed by atoms with van der Waals surface area (Å²) >= 11 is 0. The number of nitrogens with zero attached hydrogens (tertiary/aromatic N) is 4. The highest BCUT2D eigenvalue weighted by atomic mass is 35.5. The average molecular weight is 418 g/mol. The number of para-hydroxylation sites is 1. The molecule has 3 heterocycles. The van der Waals surface area contributed by atoms with Crippen molar-refractivity contribution in [3.05, 3.63) is 48.0 Å². The van der Waals surface area contributed by atoms with Gasteiger partial charge in [0.05, 0.1) is 18.3 Å². The molecule has 1 aromatic carbocycles. The number of rotatable bonds is 6. The molecule has 1 saturated heterocycles. The Morgan fingerprint density at radius 3 is 2.83 bits per heavy atom. The van der Waals surface area contributed by atoms with E-state index >= 15 is 0 Å². The van der Waals surface area contributed by atoms with E-state index in [0.29, 0.717) is 18.3 Å². The van der Waals surface area contributed by atoms with Gasteiger partial charge < -0.3 is 14.6 Å². The lowest BCUT2D eigenvalue weighted by Gasteiger charge is -2.26. The van der Waals surface area contributed by atoms with Gasteiger partial charge in [-0.05, 0) is 51.4 Å². The van der Waals surface area contributed by atoms with Gasteiger partial charge in [-0.15, -0.1) is 17.5 Å². The van der Waals surface area contributed by atoms with Gasteiger partial charge >= 0.3 is 0 Å². The van der Waals surface area contributed by atoms with Crippen LogP contribution in [-0.2, 0) is 0 Å². The lowest BCUT2D eigenvalue weighted by Crippen LogP contribution is -2.34. The number of furan rings is 1. The maximum Gasteiger partial charge on any atom is 0.276 e. The summed E-state index contributed by atoms with van der Waals surface area (Å²) in [5.41, 5.74) is 1.24.